The number of methoxy groups -OCH3 is 1. The highest BCUT2D eigenvalue weighted by Crippen LogP contribution is 2.36. The fraction of sp³-hybridized carbons (Fsp3) is 0.417. The lowest BCUT2D eigenvalue weighted by Gasteiger charge is -2.33. The molecular weight excluding hydrogens is 206 g/mol. The minimum Gasteiger partial charge on any atom is -0.496 e. The molecule has 0 aromatic heterocycles. The van der Waals surface area contributed by atoms with E-state index in [1.54, 1.807) is 7.11 Å². The molecule has 4 nitrogen and oxygen atoms in total. The number of ether oxygens (including phenoxy) is 1. The topological polar surface area (TPSA) is 49.8 Å². The Balaban J connectivity index is 2.52. The van der Waals surface area contributed by atoms with E-state index in [1.165, 1.54) is 4.90 Å². The molecule has 1 amide bonds. The van der Waals surface area contributed by atoms with Gasteiger partial charge in [0.1, 0.15) is 5.75 Å². The zero-order valence-corrected chi connectivity index (χ0v) is 9.43. The molecule has 0 saturated heterocycles. The monoisotopic (exact) mass is 221 g/mol. The zero-order valence-electron chi connectivity index (χ0n) is 9.43. The maximum atomic E-state index is 11.2. The molecule has 1 aliphatic rings. The summed E-state index contributed by atoms with van der Waals surface area (Å²) >= 11 is 0. The van der Waals surface area contributed by atoms with Gasteiger partial charge in [-0.15, -0.1) is 0 Å². The van der Waals surface area contributed by atoms with E-state index in [2.05, 4.69) is 0 Å². The first kappa shape index (κ1) is 10.8. The van der Waals surface area contributed by atoms with Crippen molar-refractivity contribution in [3.05, 3.63) is 23.8 Å². The van der Waals surface area contributed by atoms with Gasteiger partial charge in [0.2, 0.25) is 0 Å². The molecule has 1 aromatic rings. The molecule has 86 valence electrons. The summed E-state index contributed by atoms with van der Waals surface area (Å²) in [6.07, 6.45) is 0.797. The lowest BCUT2D eigenvalue weighted by atomic mass is 9.96. The van der Waals surface area contributed by atoms with Crippen molar-refractivity contribution in [1.82, 2.24) is 0 Å². The molecular formula is C12H15NO3. The largest absolute Gasteiger partial charge is 0.496 e. The van der Waals surface area contributed by atoms with Gasteiger partial charge in [0, 0.05) is 11.6 Å². The molecule has 1 aromatic carbocycles. The highest BCUT2D eigenvalue weighted by Gasteiger charge is 2.29. The molecule has 4 heteroatoms. The van der Waals surface area contributed by atoms with Gasteiger partial charge in [-0.1, -0.05) is 6.07 Å². The molecule has 1 N–H and O–H groups in total. The number of rotatable bonds is 1. The van der Waals surface area contributed by atoms with E-state index >= 15 is 0 Å². The summed E-state index contributed by atoms with van der Waals surface area (Å²) in [7, 11) is 1.61. The van der Waals surface area contributed by atoms with Crippen molar-refractivity contribution in [1.29, 1.82) is 0 Å². The molecule has 2 rings (SSSR count). The Hall–Kier alpha value is -1.71. The summed E-state index contributed by atoms with van der Waals surface area (Å²) in [5.74, 6) is 0.774. The molecule has 1 unspecified atom stereocenters. The standard InChI is InChI=1S/C12H15NO3/c1-8-6-7-9-10(13(8)12(14)15)4-3-5-11(9)16-2/h3-5,8H,6-7H2,1-2H3,(H,14,15). The number of hydrogen-bond donors (Lipinski definition) is 1. The van der Waals surface area contributed by atoms with E-state index in [1.807, 2.05) is 25.1 Å². The maximum absolute atomic E-state index is 11.2. The van der Waals surface area contributed by atoms with Crippen LogP contribution in [-0.4, -0.2) is 24.4 Å². The molecule has 0 bridgehead atoms. The summed E-state index contributed by atoms with van der Waals surface area (Å²) in [4.78, 5) is 12.6. The third-order valence-corrected chi connectivity index (χ3v) is 3.05. The first-order valence-corrected chi connectivity index (χ1v) is 5.33. The van der Waals surface area contributed by atoms with Crippen LogP contribution < -0.4 is 9.64 Å². The van der Waals surface area contributed by atoms with Crippen LogP contribution in [0.3, 0.4) is 0 Å². The summed E-state index contributed by atoms with van der Waals surface area (Å²) in [5, 5.41) is 9.20. The maximum Gasteiger partial charge on any atom is 0.412 e. The van der Waals surface area contributed by atoms with E-state index in [9.17, 15) is 9.90 Å². The van der Waals surface area contributed by atoms with Gasteiger partial charge >= 0.3 is 6.09 Å². The quantitative estimate of drug-likeness (QED) is 0.792. The third-order valence-electron chi connectivity index (χ3n) is 3.05. The Kier molecular flexibility index (Phi) is 2.73. The third kappa shape index (κ3) is 1.60. The smallest absolute Gasteiger partial charge is 0.412 e. The molecule has 16 heavy (non-hydrogen) atoms. The molecule has 0 radical (unpaired) electrons. The molecule has 1 aliphatic heterocycles. The fourth-order valence-electron chi connectivity index (χ4n) is 2.23. The minimum absolute atomic E-state index is 0.0251. The van der Waals surface area contributed by atoms with Gasteiger partial charge in [-0.2, -0.15) is 0 Å². The highest BCUT2D eigenvalue weighted by atomic mass is 16.5. The normalized spacial score (nSPS) is 19.1. The van der Waals surface area contributed by atoms with Crippen LogP contribution in [0.4, 0.5) is 10.5 Å². The van der Waals surface area contributed by atoms with Crippen LogP contribution in [0.25, 0.3) is 0 Å². The number of hydrogen-bond acceptors (Lipinski definition) is 2. The van der Waals surface area contributed by atoms with E-state index < -0.39 is 6.09 Å². The molecule has 0 fully saturated rings. The number of anilines is 1. The van der Waals surface area contributed by atoms with Gasteiger partial charge in [0.25, 0.3) is 0 Å². The van der Waals surface area contributed by atoms with Gasteiger partial charge in [0.05, 0.1) is 12.8 Å². The number of fused-ring (bicyclic) bond motifs is 1. The SMILES string of the molecule is COc1cccc2c1CCC(C)N2C(=O)O. The Morgan fingerprint density at radius 1 is 1.56 bits per heavy atom. The van der Waals surface area contributed by atoms with Crippen molar-refractivity contribution >= 4 is 11.8 Å². The zero-order chi connectivity index (χ0) is 11.7. The van der Waals surface area contributed by atoms with Crippen molar-refractivity contribution < 1.29 is 14.6 Å². The van der Waals surface area contributed by atoms with Crippen molar-refractivity contribution in [2.75, 3.05) is 12.0 Å². The first-order valence-electron chi connectivity index (χ1n) is 5.33. The van der Waals surface area contributed by atoms with Crippen LogP contribution in [-0.2, 0) is 6.42 Å². The van der Waals surface area contributed by atoms with Crippen LogP contribution in [0, 0.1) is 0 Å². The van der Waals surface area contributed by atoms with Gasteiger partial charge in [-0.05, 0) is 31.9 Å². The highest BCUT2D eigenvalue weighted by molar-refractivity contribution is 5.89. The molecule has 1 heterocycles. The average Bonchev–Trinajstić information content (AvgIpc) is 2.27. The molecule has 1 atom stereocenters. The second kappa shape index (κ2) is 4.04. The van der Waals surface area contributed by atoms with E-state index in [0.29, 0.717) is 0 Å². The van der Waals surface area contributed by atoms with Crippen LogP contribution in [0.2, 0.25) is 0 Å². The van der Waals surface area contributed by atoms with Gasteiger partial charge in [0.15, 0.2) is 0 Å². The Labute approximate surface area is 94.4 Å². The number of amides is 1. The number of nitrogens with zero attached hydrogens (tertiary/aromatic N) is 1. The predicted molar refractivity (Wildman–Crippen MR) is 61.3 cm³/mol. The van der Waals surface area contributed by atoms with E-state index in [0.717, 1.165) is 29.8 Å². The number of carbonyl (C=O) groups is 1. The second-order valence-corrected chi connectivity index (χ2v) is 4.00. The summed E-state index contributed by atoms with van der Waals surface area (Å²) in [6.45, 7) is 1.93. The van der Waals surface area contributed by atoms with Crippen molar-refractivity contribution in [3.63, 3.8) is 0 Å². The Morgan fingerprint density at radius 3 is 2.94 bits per heavy atom. The summed E-state index contributed by atoms with van der Waals surface area (Å²) in [6, 6.07) is 5.55. The lowest BCUT2D eigenvalue weighted by molar-refractivity contribution is 0.198. The van der Waals surface area contributed by atoms with Crippen molar-refractivity contribution in [2.24, 2.45) is 0 Å². The van der Waals surface area contributed by atoms with E-state index in [4.69, 9.17) is 4.74 Å². The number of benzene rings is 1. The van der Waals surface area contributed by atoms with Gasteiger partial charge in [-0.25, -0.2) is 4.79 Å². The Bertz CT molecular complexity index is 417. The number of carboxylic acid groups (broad SMARTS) is 1. The lowest BCUT2D eigenvalue weighted by Crippen LogP contribution is -2.41. The second-order valence-electron chi connectivity index (χ2n) is 4.00. The summed E-state index contributed by atoms with van der Waals surface area (Å²) < 4.78 is 5.26. The average molecular weight is 221 g/mol. The molecule has 0 aliphatic carbocycles. The Morgan fingerprint density at radius 2 is 2.31 bits per heavy atom. The van der Waals surface area contributed by atoms with Crippen molar-refractivity contribution in [3.8, 4) is 5.75 Å². The molecule has 0 spiro atoms. The van der Waals surface area contributed by atoms with Gasteiger partial charge < -0.3 is 9.84 Å². The van der Waals surface area contributed by atoms with Crippen LogP contribution in [0.1, 0.15) is 18.9 Å². The summed E-state index contributed by atoms with van der Waals surface area (Å²) in [5.41, 5.74) is 1.75. The van der Waals surface area contributed by atoms with Crippen LogP contribution in [0.5, 0.6) is 5.75 Å². The first-order chi connectivity index (χ1) is 7.65. The minimum atomic E-state index is -0.901. The van der Waals surface area contributed by atoms with Crippen LogP contribution in [0.15, 0.2) is 18.2 Å². The van der Waals surface area contributed by atoms with E-state index in [-0.39, 0.29) is 6.04 Å². The fourth-order valence-corrected chi connectivity index (χ4v) is 2.23. The van der Waals surface area contributed by atoms with Gasteiger partial charge in [-0.3, -0.25) is 4.90 Å². The van der Waals surface area contributed by atoms with Crippen molar-refractivity contribution in [2.45, 2.75) is 25.8 Å². The van der Waals surface area contributed by atoms with Crippen LogP contribution >= 0.6 is 0 Å². The molecule has 0 saturated carbocycles. The predicted octanol–water partition coefficient (Wildman–Crippen LogP) is 2.51.